The van der Waals surface area contributed by atoms with Crippen molar-refractivity contribution < 1.29 is 9.53 Å². The summed E-state index contributed by atoms with van der Waals surface area (Å²) in [6, 6.07) is 15.5. The van der Waals surface area contributed by atoms with E-state index in [-0.39, 0.29) is 5.84 Å². The van der Waals surface area contributed by atoms with E-state index in [2.05, 4.69) is 22.7 Å². The third-order valence-electron chi connectivity index (χ3n) is 4.04. The van der Waals surface area contributed by atoms with Crippen LogP contribution in [0.1, 0.15) is 18.1 Å². The highest BCUT2D eigenvalue weighted by Crippen LogP contribution is 2.22. The van der Waals surface area contributed by atoms with Crippen LogP contribution in [0.25, 0.3) is 0 Å². The number of nitrogens with zero attached hydrogens (tertiary/aromatic N) is 2. The zero-order valence-corrected chi connectivity index (χ0v) is 14.8. The Kier molecular flexibility index (Phi) is 5.56. The van der Waals surface area contributed by atoms with Crippen molar-refractivity contribution in [2.45, 2.75) is 19.9 Å². The Hall–Kier alpha value is -2.53. The van der Waals surface area contributed by atoms with Crippen molar-refractivity contribution in [3.05, 3.63) is 64.7 Å². The van der Waals surface area contributed by atoms with Gasteiger partial charge in [0.1, 0.15) is 0 Å². The van der Waals surface area contributed by atoms with Gasteiger partial charge >= 0.3 is 5.97 Å². The molecule has 1 aliphatic rings. The Balaban J connectivity index is 1.84. The predicted octanol–water partition coefficient (Wildman–Crippen LogP) is 3.69. The molecule has 6 heteroatoms. The van der Waals surface area contributed by atoms with E-state index in [0.29, 0.717) is 30.4 Å². The lowest BCUT2D eigenvalue weighted by Gasteiger charge is -2.30. The molecule has 0 unspecified atom stereocenters. The fourth-order valence-corrected chi connectivity index (χ4v) is 2.96. The number of para-hydroxylation sites is 1. The van der Waals surface area contributed by atoms with Gasteiger partial charge < -0.3 is 9.64 Å². The second-order valence-corrected chi connectivity index (χ2v) is 6.09. The van der Waals surface area contributed by atoms with Gasteiger partial charge in [0.05, 0.1) is 17.3 Å². The van der Waals surface area contributed by atoms with E-state index in [1.165, 1.54) is 11.1 Å². The maximum absolute atomic E-state index is 12.4. The molecule has 2 aromatic carbocycles. The van der Waals surface area contributed by atoms with Crippen LogP contribution in [0.5, 0.6) is 0 Å². The summed E-state index contributed by atoms with van der Waals surface area (Å²) in [6.45, 7) is 3.41. The molecule has 0 radical (unpaired) electrons. The zero-order chi connectivity index (χ0) is 17.6. The molecule has 0 saturated heterocycles. The van der Waals surface area contributed by atoms with Gasteiger partial charge in [-0.15, -0.1) is 5.10 Å². The van der Waals surface area contributed by atoms with E-state index in [1.807, 2.05) is 29.2 Å². The van der Waals surface area contributed by atoms with E-state index in [1.54, 1.807) is 19.1 Å². The topological polar surface area (TPSA) is 53.9 Å². The van der Waals surface area contributed by atoms with E-state index in [4.69, 9.17) is 16.3 Å². The monoisotopic (exact) mass is 357 g/mol. The van der Waals surface area contributed by atoms with Gasteiger partial charge in [0, 0.05) is 13.1 Å². The summed E-state index contributed by atoms with van der Waals surface area (Å²) in [6.07, 6.45) is 0.862. The number of carbonyl (C=O) groups excluding carboxylic acids is 1. The maximum atomic E-state index is 12.4. The Morgan fingerprint density at radius 2 is 1.92 bits per heavy atom. The minimum Gasteiger partial charge on any atom is -0.460 e. The molecule has 3 rings (SSSR count). The number of benzene rings is 2. The standard InChI is InChI=1S/C19H20ClN3O2/c1-2-25-19(24)18(22-21-17-10-6-5-9-16(17)20)23-12-11-14-7-3-4-8-15(14)13-23/h3-10,21H,2,11-13H2,1H3. The summed E-state index contributed by atoms with van der Waals surface area (Å²) in [5, 5.41) is 4.84. The first-order chi connectivity index (χ1) is 12.2. The summed E-state index contributed by atoms with van der Waals surface area (Å²) in [4.78, 5) is 14.3. The number of nitrogens with one attached hydrogen (secondary N) is 1. The number of carbonyl (C=O) groups is 1. The van der Waals surface area contributed by atoms with Crippen molar-refractivity contribution >= 4 is 29.1 Å². The molecular formula is C19H20ClN3O2. The van der Waals surface area contributed by atoms with Crippen molar-refractivity contribution in [2.24, 2.45) is 5.10 Å². The lowest BCUT2D eigenvalue weighted by Crippen LogP contribution is -2.41. The summed E-state index contributed by atoms with van der Waals surface area (Å²) in [5.41, 5.74) is 6.03. The molecule has 0 fully saturated rings. The average molecular weight is 358 g/mol. The number of anilines is 1. The Bertz CT molecular complexity index is 792. The Morgan fingerprint density at radius 1 is 1.20 bits per heavy atom. The number of rotatable bonds is 3. The number of hydrazone groups is 1. The second kappa shape index (κ2) is 8.03. The molecular weight excluding hydrogens is 338 g/mol. The Morgan fingerprint density at radius 3 is 2.68 bits per heavy atom. The number of hydrogen-bond donors (Lipinski definition) is 1. The van der Waals surface area contributed by atoms with Crippen LogP contribution >= 0.6 is 11.6 Å². The number of halogens is 1. The fraction of sp³-hybridized carbons (Fsp3) is 0.263. The predicted molar refractivity (Wildman–Crippen MR) is 99.7 cm³/mol. The van der Waals surface area contributed by atoms with Crippen LogP contribution < -0.4 is 5.43 Å². The molecule has 0 atom stereocenters. The second-order valence-electron chi connectivity index (χ2n) is 5.69. The maximum Gasteiger partial charge on any atom is 0.376 e. The minimum atomic E-state index is -0.443. The van der Waals surface area contributed by atoms with Gasteiger partial charge in [-0.1, -0.05) is 48.0 Å². The smallest absolute Gasteiger partial charge is 0.376 e. The van der Waals surface area contributed by atoms with Crippen molar-refractivity contribution in [1.29, 1.82) is 0 Å². The van der Waals surface area contributed by atoms with Crippen molar-refractivity contribution in [2.75, 3.05) is 18.6 Å². The first-order valence-electron chi connectivity index (χ1n) is 8.26. The molecule has 5 nitrogen and oxygen atoms in total. The molecule has 0 spiro atoms. The summed E-state index contributed by atoms with van der Waals surface area (Å²) in [5.74, 6) is -0.183. The van der Waals surface area contributed by atoms with Crippen LogP contribution in [0.4, 0.5) is 5.69 Å². The van der Waals surface area contributed by atoms with Crippen LogP contribution in [-0.2, 0) is 22.5 Å². The molecule has 0 aromatic heterocycles. The van der Waals surface area contributed by atoms with Crippen LogP contribution in [0.15, 0.2) is 53.6 Å². The van der Waals surface area contributed by atoms with E-state index in [9.17, 15) is 4.79 Å². The highest BCUT2D eigenvalue weighted by Gasteiger charge is 2.25. The first-order valence-corrected chi connectivity index (χ1v) is 8.64. The summed E-state index contributed by atoms with van der Waals surface area (Å²) >= 11 is 6.14. The highest BCUT2D eigenvalue weighted by atomic mass is 35.5. The average Bonchev–Trinajstić information content (AvgIpc) is 2.63. The third-order valence-corrected chi connectivity index (χ3v) is 4.37. The fourth-order valence-electron chi connectivity index (χ4n) is 2.78. The molecule has 1 heterocycles. The molecule has 0 saturated carbocycles. The third kappa shape index (κ3) is 4.12. The number of ether oxygens (including phenoxy) is 1. The van der Waals surface area contributed by atoms with Gasteiger partial charge in [-0.05, 0) is 36.6 Å². The van der Waals surface area contributed by atoms with Gasteiger partial charge in [-0.25, -0.2) is 4.79 Å². The summed E-state index contributed by atoms with van der Waals surface area (Å²) < 4.78 is 5.18. The molecule has 0 amide bonds. The normalized spacial score (nSPS) is 14.0. The molecule has 25 heavy (non-hydrogen) atoms. The zero-order valence-electron chi connectivity index (χ0n) is 14.0. The van der Waals surface area contributed by atoms with Gasteiger partial charge in [-0.2, -0.15) is 0 Å². The lowest BCUT2D eigenvalue weighted by atomic mass is 10.00. The molecule has 2 aromatic rings. The van der Waals surface area contributed by atoms with Crippen LogP contribution in [0.2, 0.25) is 5.02 Å². The van der Waals surface area contributed by atoms with Gasteiger partial charge in [0.2, 0.25) is 5.84 Å². The SMILES string of the molecule is CCOC(=O)C(=NNc1ccccc1Cl)N1CCc2ccccc2C1. The summed E-state index contributed by atoms with van der Waals surface area (Å²) in [7, 11) is 0. The lowest BCUT2D eigenvalue weighted by molar-refractivity contribution is -0.136. The van der Waals surface area contributed by atoms with Crippen LogP contribution in [0.3, 0.4) is 0 Å². The highest BCUT2D eigenvalue weighted by molar-refractivity contribution is 6.35. The van der Waals surface area contributed by atoms with Crippen molar-refractivity contribution in [1.82, 2.24) is 4.90 Å². The van der Waals surface area contributed by atoms with E-state index in [0.717, 1.165) is 6.42 Å². The number of fused-ring (bicyclic) bond motifs is 1. The molecule has 1 N–H and O–H groups in total. The quantitative estimate of drug-likeness (QED) is 0.394. The molecule has 1 aliphatic heterocycles. The van der Waals surface area contributed by atoms with Crippen LogP contribution in [-0.4, -0.2) is 29.9 Å². The van der Waals surface area contributed by atoms with Crippen LogP contribution in [0, 0.1) is 0 Å². The van der Waals surface area contributed by atoms with E-state index >= 15 is 0 Å². The molecule has 0 aliphatic carbocycles. The minimum absolute atomic E-state index is 0.260. The molecule has 130 valence electrons. The van der Waals surface area contributed by atoms with Gasteiger partial charge in [0.25, 0.3) is 0 Å². The number of esters is 1. The first kappa shape index (κ1) is 17.3. The van der Waals surface area contributed by atoms with Crippen molar-refractivity contribution in [3.8, 4) is 0 Å². The Labute approximate surface area is 152 Å². The van der Waals surface area contributed by atoms with Gasteiger partial charge in [0.15, 0.2) is 0 Å². The molecule has 0 bridgehead atoms. The van der Waals surface area contributed by atoms with E-state index < -0.39 is 5.97 Å². The largest absolute Gasteiger partial charge is 0.460 e. The number of hydrogen-bond acceptors (Lipinski definition) is 4. The number of amidine groups is 1. The van der Waals surface area contributed by atoms with Gasteiger partial charge in [-0.3, -0.25) is 5.43 Å². The van der Waals surface area contributed by atoms with Crippen molar-refractivity contribution in [3.63, 3.8) is 0 Å².